The number of nitrogens with two attached hydrogens (primary N) is 1. The second-order valence-electron chi connectivity index (χ2n) is 4.69. The summed E-state index contributed by atoms with van der Waals surface area (Å²) in [5.74, 6) is 0.809. The molecule has 0 aliphatic heterocycles. The van der Waals surface area contributed by atoms with Gasteiger partial charge in [-0.15, -0.1) is 0 Å². The Morgan fingerprint density at radius 2 is 2.00 bits per heavy atom. The summed E-state index contributed by atoms with van der Waals surface area (Å²) in [5.41, 5.74) is 7.71. The van der Waals surface area contributed by atoms with Gasteiger partial charge in [0, 0.05) is 16.6 Å². The number of rotatable bonds is 3. The van der Waals surface area contributed by atoms with Gasteiger partial charge in [-0.25, -0.2) is 4.98 Å². The second-order valence-corrected chi connectivity index (χ2v) is 4.69. The third kappa shape index (κ3) is 2.23. The van der Waals surface area contributed by atoms with Gasteiger partial charge in [0.1, 0.15) is 17.0 Å². The average Bonchev–Trinajstić information content (AvgIpc) is 2.95. The van der Waals surface area contributed by atoms with Gasteiger partial charge in [-0.2, -0.15) is 0 Å². The summed E-state index contributed by atoms with van der Waals surface area (Å²) in [7, 11) is 1.61. The molecule has 0 saturated heterocycles. The molecule has 1 amide bonds. The molecule has 0 saturated carbocycles. The first kappa shape index (κ1) is 13.2. The lowest BCUT2D eigenvalue weighted by Crippen LogP contribution is -2.09. The number of carbonyl (C=O) groups excluding carboxylic acids is 1. The Labute approximate surface area is 121 Å². The minimum absolute atomic E-state index is 0.133. The summed E-state index contributed by atoms with van der Waals surface area (Å²) >= 11 is 0. The molecule has 0 bridgehead atoms. The first-order valence-electron chi connectivity index (χ1n) is 6.44. The van der Waals surface area contributed by atoms with E-state index in [0.717, 1.165) is 22.2 Å². The highest BCUT2D eigenvalue weighted by molar-refractivity contribution is 5.97. The number of nitrogens with zero attached hydrogens (tertiary/aromatic N) is 1. The van der Waals surface area contributed by atoms with Crippen molar-refractivity contribution in [3.8, 4) is 17.1 Å². The summed E-state index contributed by atoms with van der Waals surface area (Å²) in [4.78, 5) is 15.7. The van der Waals surface area contributed by atoms with E-state index < -0.39 is 5.91 Å². The number of furan rings is 1. The van der Waals surface area contributed by atoms with Crippen LogP contribution in [-0.4, -0.2) is 18.0 Å². The zero-order valence-corrected chi connectivity index (χ0v) is 11.7. The van der Waals surface area contributed by atoms with Gasteiger partial charge in [-0.05, 0) is 37.3 Å². The van der Waals surface area contributed by atoms with Crippen molar-refractivity contribution < 1.29 is 13.9 Å². The van der Waals surface area contributed by atoms with Crippen LogP contribution in [0.15, 0.2) is 40.8 Å². The number of aryl methyl sites for hydroxylation is 1. The summed E-state index contributed by atoms with van der Waals surface area (Å²) in [6, 6.07) is 10.9. The lowest BCUT2D eigenvalue weighted by molar-refractivity contribution is 0.0974. The lowest BCUT2D eigenvalue weighted by Gasteiger charge is -2.09. The highest BCUT2D eigenvalue weighted by atomic mass is 16.5. The van der Waals surface area contributed by atoms with Crippen LogP contribution in [0.25, 0.3) is 22.2 Å². The molecule has 0 aliphatic carbocycles. The van der Waals surface area contributed by atoms with Crippen molar-refractivity contribution >= 4 is 16.8 Å². The summed E-state index contributed by atoms with van der Waals surface area (Å²) < 4.78 is 10.8. The number of benzene rings is 1. The minimum Gasteiger partial charge on any atom is -0.494 e. The van der Waals surface area contributed by atoms with E-state index in [9.17, 15) is 4.79 Å². The van der Waals surface area contributed by atoms with Crippen LogP contribution in [-0.2, 0) is 0 Å². The number of carbonyl (C=O) groups is 1. The average molecular weight is 282 g/mol. The van der Waals surface area contributed by atoms with Gasteiger partial charge in [0.15, 0.2) is 5.76 Å². The third-order valence-electron chi connectivity index (χ3n) is 3.29. The van der Waals surface area contributed by atoms with Crippen molar-refractivity contribution in [2.45, 2.75) is 6.92 Å². The van der Waals surface area contributed by atoms with Gasteiger partial charge in [0.2, 0.25) is 0 Å². The van der Waals surface area contributed by atoms with Crippen LogP contribution in [0.5, 0.6) is 5.75 Å². The predicted molar refractivity (Wildman–Crippen MR) is 79.3 cm³/mol. The number of aromatic nitrogens is 1. The van der Waals surface area contributed by atoms with Crippen LogP contribution >= 0.6 is 0 Å². The van der Waals surface area contributed by atoms with Crippen molar-refractivity contribution in [3.63, 3.8) is 0 Å². The summed E-state index contributed by atoms with van der Waals surface area (Å²) in [6.07, 6.45) is 0. The molecule has 5 heteroatoms. The number of amides is 1. The highest BCUT2D eigenvalue weighted by Crippen LogP contribution is 2.34. The summed E-state index contributed by atoms with van der Waals surface area (Å²) in [5, 5.41) is 0.894. The van der Waals surface area contributed by atoms with Crippen LogP contribution in [0.3, 0.4) is 0 Å². The Morgan fingerprint density at radius 1 is 1.19 bits per heavy atom. The van der Waals surface area contributed by atoms with Crippen LogP contribution in [0.4, 0.5) is 0 Å². The van der Waals surface area contributed by atoms with E-state index in [2.05, 4.69) is 4.98 Å². The van der Waals surface area contributed by atoms with Gasteiger partial charge in [0.25, 0.3) is 5.91 Å². The van der Waals surface area contributed by atoms with Crippen molar-refractivity contribution in [1.82, 2.24) is 4.98 Å². The molecular formula is C16H14N2O3. The number of methoxy groups -OCH3 is 1. The monoisotopic (exact) mass is 282 g/mol. The number of pyridine rings is 1. The molecule has 0 unspecified atom stereocenters. The van der Waals surface area contributed by atoms with Gasteiger partial charge in [-0.1, -0.05) is 6.07 Å². The smallest absolute Gasteiger partial charge is 0.284 e. The Morgan fingerprint density at radius 3 is 2.67 bits per heavy atom. The topological polar surface area (TPSA) is 78.4 Å². The number of primary amides is 1. The van der Waals surface area contributed by atoms with E-state index in [0.29, 0.717) is 11.5 Å². The molecule has 0 radical (unpaired) electrons. The maximum absolute atomic E-state index is 11.2. The molecule has 1 aromatic carbocycles. The van der Waals surface area contributed by atoms with Gasteiger partial charge < -0.3 is 14.9 Å². The first-order chi connectivity index (χ1) is 10.1. The maximum atomic E-state index is 11.2. The number of hydrogen-bond donors (Lipinski definition) is 1. The Kier molecular flexibility index (Phi) is 3.10. The van der Waals surface area contributed by atoms with Gasteiger partial charge in [0.05, 0.1) is 7.11 Å². The van der Waals surface area contributed by atoms with E-state index in [4.69, 9.17) is 14.9 Å². The fourth-order valence-electron chi connectivity index (χ4n) is 2.28. The molecule has 3 rings (SSSR count). The van der Waals surface area contributed by atoms with Crippen molar-refractivity contribution in [2.75, 3.05) is 7.11 Å². The molecule has 0 fully saturated rings. The second kappa shape index (κ2) is 4.94. The quantitative estimate of drug-likeness (QED) is 0.801. The molecule has 2 N–H and O–H groups in total. The number of ether oxygens (including phenoxy) is 1. The number of fused-ring (bicyclic) bond motifs is 1. The van der Waals surface area contributed by atoms with E-state index in [1.807, 2.05) is 31.2 Å². The van der Waals surface area contributed by atoms with E-state index in [1.54, 1.807) is 19.2 Å². The molecule has 3 aromatic rings. The van der Waals surface area contributed by atoms with Gasteiger partial charge in [-0.3, -0.25) is 4.79 Å². The molecule has 2 aromatic heterocycles. The maximum Gasteiger partial charge on any atom is 0.284 e. The fraction of sp³-hybridized carbons (Fsp3) is 0.125. The molecule has 0 atom stereocenters. The van der Waals surface area contributed by atoms with Gasteiger partial charge >= 0.3 is 0 Å². The molecule has 2 heterocycles. The van der Waals surface area contributed by atoms with Crippen LogP contribution in [0.2, 0.25) is 0 Å². The molecule has 5 nitrogen and oxygen atoms in total. The third-order valence-corrected chi connectivity index (χ3v) is 3.29. The summed E-state index contributed by atoms with van der Waals surface area (Å²) in [6.45, 7) is 1.92. The van der Waals surface area contributed by atoms with Crippen molar-refractivity contribution in [1.29, 1.82) is 0 Å². The SMILES string of the molecule is COc1ccc(-c2ccc(C(N)=O)o2)c2ccc(C)nc12. The Bertz CT molecular complexity index is 837. The lowest BCUT2D eigenvalue weighted by atomic mass is 10.1. The largest absolute Gasteiger partial charge is 0.494 e. The standard InChI is InChI=1S/C16H14N2O3/c1-9-3-4-11-10(5-6-13(20-2)15(11)18-9)12-7-8-14(21-12)16(17)19/h3-8H,1-2H3,(H2,17,19). The number of hydrogen-bond acceptors (Lipinski definition) is 4. The van der Waals surface area contributed by atoms with E-state index in [1.165, 1.54) is 0 Å². The van der Waals surface area contributed by atoms with Crippen molar-refractivity contribution in [3.05, 3.63) is 47.9 Å². The van der Waals surface area contributed by atoms with E-state index >= 15 is 0 Å². The first-order valence-corrected chi connectivity index (χ1v) is 6.44. The van der Waals surface area contributed by atoms with Crippen LogP contribution < -0.4 is 10.5 Å². The Hall–Kier alpha value is -2.82. The zero-order chi connectivity index (χ0) is 15.0. The minimum atomic E-state index is -0.590. The molecule has 0 spiro atoms. The fourth-order valence-corrected chi connectivity index (χ4v) is 2.28. The van der Waals surface area contributed by atoms with E-state index in [-0.39, 0.29) is 5.76 Å². The molecule has 0 aliphatic rings. The highest BCUT2D eigenvalue weighted by Gasteiger charge is 2.14. The molecule has 106 valence electrons. The predicted octanol–water partition coefficient (Wildman–Crippen LogP) is 2.91. The normalized spacial score (nSPS) is 10.8. The zero-order valence-electron chi connectivity index (χ0n) is 11.7. The molecule has 21 heavy (non-hydrogen) atoms. The van der Waals surface area contributed by atoms with Crippen molar-refractivity contribution in [2.24, 2.45) is 5.73 Å². The van der Waals surface area contributed by atoms with Crippen LogP contribution in [0.1, 0.15) is 16.2 Å². The van der Waals surface area contributed by atoms with Crippen LogP contribution in [0, 0.1) is 6.92 Å². The Balaban J connectivity index is 2.25. The molecular weight excluding hydrogens is 268 g/mol.